The van der Waals surface area contributed by atoms with Crippen LogP contribution in [0.5, 0.6) is 0 Å². The van der Waals surface area contributed by atoms with Crippen LogP contribution in [0, 0.1) is 17.1 Å². The number of anilines is 1. The largest absolute Gasteiger partial charge is 0.363 e. The zero-order chi connectivity index (χ0) is 22.1. The quantitative estimate of drug-likeness (QED) is 0.607. The smallest absolute Gasteiger partial charge is 0.216 e. The Morgan fingerprint density at radius 3 is 2.60 bits per heavy atom. The van der Waals surface area contributed by atoms with Crippen LogP contribution in [-0.4, -0.2) is 37.1 Å². The van der Waals surface area contributed by atoms with Crippen molar-refractivity contribution in [1.82, 2.24) is 4.31 Å². The summed E-state index contributed by atoms with van der Waals surface area (Å²) in [6, 6.07) is 11.1. The van der Waals surface area contributed by atoms with Gasteiger partial charge in [0.15, 0.2) is 0 Å². The van der Waals surface area contributed by atoms with Gasteiger partial charge in [0, 0.05) is 36.4 Å². The zero-order valence-corrected chi connectivity index (χ0v) is 19.0. The lowest BCUT2D eigenvalue weighted by Crippen LogP contribution is -2.40. The SMILES string of the molecule is CC(C)S(=O)(=O)N1CC[C@H](N(Cc2cc(F)ccc2Cl)c2ccc(C#N)c(Cl)c2)C1. The highest BCUT2D eigenvalue weighted by atomic mass is 35.5. The van der Waals surface area contributed by atoms with Crippen LogP contribution < -0.4 is 4.90 Å². The molecule has 0 saturated carbocycles. The van der Waals surface area contributed by atoms with Crippen molar-refractivity contribution in [2.75, 3.05) is 18.0 Å². The second-order valence-electron chi connectivity index (χ2n) is 7.53. The molecule has 0 aromatic heterocycles. The van der Waals surface area contributed by atoms with Crippen LogP contribution in [0.15, 0.2) is 36.4 Å². The molecule has 0 unspecified atom stereocenters. The Balaban J connectivity index is 1.97. The third-order valence-electron chi connectivity index (χ3n) is 5.28. The summed E-state index contributed by atoms with van der Waals surface area (Å²) in [7, 11) is -3.38. The molecule has 0 aliphatic carbocycles. The lowest BCUT2D eigenvalue weighted by Gasteiger charge is -2.32. The van der Waals surface area contributed by atoms with Gasteiger partial charge in [-0.2, -0.15) is 9.57 Å². The van der Waals surface area contributed by atoms with Crippen LogP contribution in [0.1, 0.15) is 31.4 Å². The fourth-order valence-corrected chi connectivity index (χ4v) is 5.28. The molecule has 2 aromatic carbocycles. The molecule has 0 bridgehead atoms. The first-order chi connectivity index (χ1) is 14.1. The van der Waals surface area contributed by atoms with Gasteiger partial charge in [-0.15, -0.1) is 0 Å². The van der Waals surface area contributed by atoms with Crippen molar-refractivity contribution in [3.8, 4) is 6.07 Å². The molecule has 1 heterocycles. The van der Waals surface area contributed by atoms with Crippen LogP contribution in [0.25, 0.3) is 0 Å². The third-order valence-corrected chi connectivity index (χ3v) is 8.20. The van der Waals surface area contributed by atoms with Crippen LogP contribution in [0.3, 0.4) is 0 Å². The van der Waals surface area contributed by atoms with E-state index in [1.54, 1.807) is 32.0 Å². The predicted molar refractivity (Wildman–Crippen MR) is 118 cm³/mol. The van der Waals surface area contributed by atoms with E-state index in [1.165, 1.54) is 22.5 Å². The molecule has 1 fully saturated rings. The van der Waals surface area contributed by atoms with Crippen molar-refractivity contribution in [1.29, 1.82) is 5.26 Å². The molecule has 0 N–H and O–H groups in total. The van der Waals surface area contributed by atoms with Gasteiger partial charge in [0.25, 0.3) is 0 Å². The summed E-state index contributed by atoms with van der Waals surface area (Å²) in [4.78, 5) is 1.98. The van der Waals surface area contributed by atoms with Gasteiger partial charge < -0.3 is 4.90 Å². The number of benzene rings is 2. The molecular formula is C21H22Cl2FN3O2S. The van der Waals surface area contributed by atoms with E-state index < -0.39 is 21.1 Å². The Morgan fingerprint density at radius 1 is 1.23 bits per heavy atom. The number of hydrogen-bond acceptors (Lipinski definition) is 4. The van der Waals surface area contributed by atoms with E-state index in [4.69, 9.17) is 28.5 Å². The van der Waals surface area contributed by atoms with Gasteiger partial charge in [-0.25, -0.2) is 12.8 Å². The maximum Gasteiger partial charge on any atom is 0.216 e. The number of hydrogen-bond donors (Lipinski definition) is 0. The van der Waals surface area contributed by atoms with E-state index >= 15 is 0 Å². The third kappa shape index (κ3) is 4.73. The zero-order valence-electron chi connectivity index (χ0n) is 16.6. The predicted octanol–water partition coefficient (Wildman–Crippen LogP) is 4.82. The van der Waals surface area contributed by atoms with E-state index in [1.807, 2.05) is 11.0 Å². The van der Waals surface area contributed by atoms with Gasteiger partial charge in [0.1, 0.15) is 11.9 Å². The van der Waals surface area contributed by atoms with E-state index in [-0.39, 0.29) is 12.6 Å². The molecule has 1 aliphatic heterocycles. The number of nitrogens with zero attached hydrogens (tertiary/aromatic N) is 3. The molecule has 160 valence electrons. The standard InChI is InChI=1S/C21H22Cl2FN3O2S/c1-14(2)30(28,29)26-8-7-19(13-26)27(12-16-9-17(24)4-6-20(16)22)18-5-3-15(11-25)21(23)10-18/h3-6,9-10,14,19H,7-8,12-13H2,1-2H3/t19-/m0/s1. The Bertz CT molecular complexity index is 1090. The van der Waals surface area contributed by atoms with Gasteiger partial charge in [-0.05, 0) is 62.2 Å². The molecule has 0 amide bonds. The Labute approximate surface area is 186 Å². The van der Waals surface area contributed by atoms with Crippen LogP contribution in [0.4, 0.5) is 10.1 Å². The first-order valence-electron chi connectivity index (χ1n) is 9.52. The first-order valence-corrected chi connectivity index (χ1v) is 11.8. The normalized spacial score (nSPS) is 17.3. The van der Waals surface area contributed by atoms with Crippen molar-refractivity contribution in [3.63, 3.8) is 0 Å². The number of nitriles is 1. The summed E-state index contributed by atoms with van der Waals surface area (Å²) < 4.78 is 40.5. The minimum Gasteiger partial charge on any atom is -0.363 e. The summed E-state index contributed by atoms with van der Waals surface area (Å²) in [5.41, 5.74) is 1.65. The molecule has 30 heavy (non-hydrogen) atoms. The first kappa shape index (κ1) is 22.8. The van der Waals surface area contributed by atoms with Crippen LogP contribution in [-0.2, 0) is 16.6 Å². The van der Waals surface area contributed by atoms with Crippen molar-refractivity contribution in [2.45, 2.75) is 38.1 Å². The minimum atomic E-state index is -3.38. The van der Waals surface area contributed by atoms with Crippen molar-refractivity contribution in [2.24, 2.45) is 0 Å². The highest BCUT2D eigenvalue weighted by Crippen LogP contribution is 2.32. The molecule has 1 atom stereocenters. The summed E-state index contributed by atoms with van der Waals surface area (Å²) in [5.74, 6) is -0.400. The lowest BCUT2D eigenvalue weighted by molar-refractivity contribution is 0.461. The van der Waals surface area contributed by atoms with E-state index in [9.17, 15) is 12.8 Å². The second kappa shape index (κ2) is 9.11. The molecule has 0 spiro atoms. The summed E-state index contributed by atoms with van der Waals surface area (Å²) in [6.45, 7) is 4.31. The highest BCUT2D eigenvalue weighted by Gasteiger charge is 2.36. The van der Waals surface area contributed by atoms with Crippen molar-refractivity contribution < 1.29 is 12.8 Å². The Kier molecular flexibility index (Phi) is 6.93. The van der Waals surface area contributed by atoms with Crippen LogP contribution >= 0.6 is 23.2 Å². The molecule has 1 saturated heterocycles. The summed E-state index contributed by atoms with van der Waals surface area (Å²) >= 11 is 12.5. The van der Waals surface area contributed by atoms with Crippen molar-refractivity contribution >= 4 is 38.9 Å². The maximum atomic E-state index is 13.8. The molecule has 5 nitrogen and oxygen atoms in total. The lowest BCUT2D eigenvalue weighted by atomic mass is 10.1. The van der Waals surface area contributed by atoms with E-state index in [2.05, 4.69) is 0 Å². The number of rotatable bonds is 6. The van der Waals surface area contributed by atoms with Gasteiger partial charge in [-0.1, -0.05) is 23.2 Å². The van der Waals surface area contributed by atoms with Crippen LogP contribution in [0.2, 0.25) is 10.0 Å². The average Bonchev–Trinajstić information content (AvgIpc) is 3.19. The van der Waals surface area contributed by atoms with Crippen molar-refractivity contribution in [3.05, 3.63) is 63.4 Å². The number of halogens is 3. The minimum absolute atomic E-state index is 0.151. The molecule has 3 rings (SSSR count). The topological polar surface area (TPSA) is 64.4 Å². The number of sulfonamides is 1. The fourth-order valence-electron chi connectivity index (χ4n) is 3.55. The van der Waals surface area contributed by atoms with Gasteiger partial charge in [-0.3, -0.25) is 0 Å². The molecule has 1 aliphatic rings. The monoisotopic (exact) mass is 469 g/mol. The van der Waals surface area contributed by atoms with E-state index in [0.29, 0.717) is 46.4 Å². The second-order valence-corrected chi connectivity index (χ2v) is 10.8. The molecular weight excluding hydrogens is 448 g/mol. The fraction of sp³-hybridized carbons (Fsp3) is 0.381. The van der Waals surface area contributed by atoms with Gasteiger partial charge >= 0.3 is 0 Å². The summed E-state index contributed by atoms with van der Waals surface area (Å²) in [5, 5.41) is 9.37. The summed E-state index contributed by atoms with van der Waals surface area (Å²) in [6.07, 6.45) is 0.608. The maximum absolute atomic E-state index is 13.8. The Hall–Kier alpha value is -1.85. The average molecular weight is 470 g/mol. The van der Waals surface area contributed by atoms with Gasteiger partial charge in [0.05, 0.1) is 15.8 Å². The molecule has 2 aromatic rings. The Morgan fingerprint density at radius 2 is 1.97 bits per heavy atom. The molecule has 9 heteroatoms. The van der Waals surface area contributed by atoms with E-state index in [0.717, 1.165) is 0 Å². The van der Waals surface area contributed by atoms with Gasteiger partial charge in [0.2, 0.25) is 10.0 Å². The molecule has 0 radical (unpaired) electrons. The highest BCUT2D eigenvalue weighted by molar-refractivity contribution is 7.89.